The molecule has 11 heteroatoms. The van der Waals surface area contributed by atoms with E-state index in [0.717, 1.165) is 28.7 Å². The molecule has 310 valence electrons. The summed E-state index contributed by atoms with van der Waals surface area (Å²) in [4.78, 5) is 28.1. The number of nitrogens with one attached hydrogen (secondary N) is 1. The highest BCUT2D eigenvalue weighted by Gasteiger charge is 2.51. The van der Waals surface area contributed by atoms with Crippen molar-refractivity contribution in [1.82, 2.24) is 10.2 Å². The second-order valence-electron chi connectivity index (χ2n) is 15.2. The normalized spacial score (nSPS) is 27.1. The Labute approximate surface area is 342 Å². The first-order valence-corrected chi connectivity index (χ1v) is 20.4. The van der Waals surface area contributed by atoms with Gasteiger partial charge >= 0.3 is 6.09 Å². The van der Waals surface area contributed by atoms with Gasteiger partial charge in [0.05, 0.1) is 32.0 Å². The molecule has 0 spiro atoms. The van der Waals surface area contributed by atoms with Crippen molar-refractivity contribution in [2.45, 2.75) is 117 Å². The lowest BCUT2D eigenvalue weighted by Crippen LogP contribution is -2.66. The van der Waals surface area contributed by atoms with Gasteiger partial charge in [-0.25, -0.2) is 4.79 Å². The molecule has 0 radical (unpaired) electrons. The van der Waals surface area contributed by atoms with Gasteiger partial charge in [0, 0.05) is 6.92 Å². The van der Waals surface area contributed by atoms with E-state index < -0.39 is 49.1 Å². The van der Waals surface area contributed by atoms with Crippen LogP contribution < -0.4 is 5.32 Å². The molecular weight excluding hydrogens is 737 g/mol. The summed E-state index contributed by atoms with van der Waals surface area (Å²) >= 11 is 0. The van der Waals surface area contributed by atoms with Crippen molar-refractivity contribution in [1.29, 1.82) is 0 Å². The lowest BCUT2D eigenvalue weighted by molar-refractivity contribution is -0.345. The van der Waals surface area contributed by atoms with E-state index in [1.807, 2.05) is 128 Å². The lowest BCUT2D eigenvalue weighted by atomic mass is 9.82. The fourth-order valence-corrected chi connectivity index (χ4v) is 7.61. The van der Waals surface area contributed by atoms with Gasteiger partial charge in [-0.1, -0.05) is 142 Å². The molecule has 4 aromatic carbocycles. The highest BCUT2D eigenvalue weighted by Crippen LogP contribution is 2.38. The molecule has 4 aromatic rings. The van der Waals surface area contributed by atoms with Gasteiger partial charge in [0.15, 0.2) is 12.6 Å². The van der Waals surface area contributed by atoms with E-state index in [-0.39, 0.29) is 50.3 Å². The number of carbonyl (C=O) groups is 2. The smallest absolute Gasteiger partial charge is 0.412 e. The van der Waals surface area contributed by atoms with Crippen LogP contribution in [-0.4, -0.2) is 72.8 Å². The number of amides is 2. The molecular formula is C47H58N2O9. The van der Waals surface area contributed by atoms with Crippen LogP contribution in [-0.2, 0) is 64.3 Å². The van der Waals surface area contributed by atoms with Crippen molar-refractivity contribution in [3.8, 4) is 0 Å². The first kappa shape index (κ1) is 43.0. The van der Waals surface area contributed by atoms with Crippen LogP contribution in [0.2, 0.25) is 0 Å². The van der Waals surface area contributed by atoms with Crippen LogP contribution in [0.5, 0.6) is 0 Å². The van der Waals surface area contributed by atoms with Gasteiger partial charge in [-0.05, 0) is 47.4 Å². The van der Waals surface area contributed by atoms with Gasteiger partial charge in [-0.15, -0.1) is 0 Å². The number of hydrogen-bond donors (Lipinski definition) is 1. The molecule has 2 aliphatic rings. The number of ether oxygens (including phenoxy) is 7. The summed E-state index contributed by atoms with van der Waals surface area (Å²) < 4.78 is 45.8. The van der Waals surface area contributed by atoms with Crippen LogP contribution in [0.3, 0.4) is 0 Å². The second-order valence-corrected chi connectivity index (χ2v) is 15.2. The third kappa shape index (κ3) is 11.7. The van der Waals surface area contributed by atoms with Crippen molar-refractivity contribution in [2.24, 2.45) is 11.8 Å². The predicted molar refractivity (Wildman–Crippen MR) is 219 cm³/mol. The molecule has 0 bridgehead atoms. The van der Waals surface area contributed by atoms with Gasteiger partial charge in [0.25, 0.3) is 0 Å². The maximum absolute atomic E-state index is 13.7. The standard InChI is InChI=1S/C47H58N2O9/c1-6-40-32(2)33(3)42(46(57-40)55-31-49(27-36-19-11-7-12-20-36)47(51)54-30-39-25-17-10-18-26-39)58-45-41(48-35(5)50)44(53-29-38-23-15-9-16-24-38)43(34(4)56-45)52-28-37-21-13-8-14-22-37/h7-26,32-34,40-46H,6,27-31H2,1-5H3,(H,48,50)/t32-,33-,34?,40?,41?,42?,43+,44+,45-,46+/m0/s1. The van der Waals surface area contributed by atoms with Crippen LogP contribution in [0.25, 0.3) is 0 Å². The lowest BCUT2D eigenvalue weighted by Gasteiger charge is -2.49. The third-order valence-corrected chi connectivity index (χ3v) is 11.0. The molecule has 2 fully saturated rings. The van der Waals surface area contributed by atoms with Crippen LogP contribution in [0, 0.1) is 11.8 Å². The fourth-order valence-electron chi connectivity index (χ4n) is 7.61. The van der Waals surface area contributed by atoms with E-state index >= 15 is 0 Å². The fraction of sp³-hybridized carbons (Fsp3) is 0.447. The molecule has 58 heavy (non-hydrogen) atoms. The van der Waals surface area contributed by atoms with Crippen LogP contribution >= 0.6 is 0 Å². The Morgan fingerprint density at radius 3 is 1.67 bits per heavy atom. The summed E-state index contributed by atoms with van der Waals surface area (Å²) in [5.41, 5.74) is 3.78. The average Bonchev–Trinajstić information content (AvgIpc) is 3.24. The zero-order valence-electron chi connectivity index (χ0n) is 34.2. The van der Waals surface area contributed by atoms with E-state index in [2.05, 4.69) is 26.1 Å². The summed E-state index contributed by atoms with van der Waals surface area (Å²) in [6.07, 6.45) is -4.07. The van der Waals surface area contributed by atoms with E-state index in [4.69, 9.17) is 33.2 Å². The summed E-state index contributed by atoms with van der Waals surface area (Å²) in [5.74, 6) is -0.236. The van der Waals surface area contributed by atoms with E-state index in [9.17, 15) is 9.59 Å². The quantitative estimate of drug-likeness (QED) is 0.106. The van der Waals surface area contributed by atoms with Gasteiger partial charge in [0.2, 0.25) is 5.91 Å². The highest BCUT2D eigenvalue weighted by atomic mass is 16.7. The molecule has 2 heterocycles. The van der Waals surface area contributed by atoms with Crippen molar-refractivity contribution >= 4 is 12.0 Å². The van der Waals surface area contributed by atoms with E-state index in [1.54, 1.807) is 0 Å². The molecule has 2 saturated heterocycles. The van der Waals surface area contributed by atoms with E-state index in [1.165, 1.54) is 11.8 Å². The molecule has 2 aliphatic heterocycles. The maximum atomic E-state index is 13.7. The number of hydrogen-bond acceptors (Lipinski definition) is 9. The topological polar surface area (TPSA) is 114 Å². The Kier molecular flexibility index (Phi) is 15.9. The minimum absolute atomic E-state index is 0.0658. The minimum atomic E-state index is -0.958. The van der Waals surface area contributed by atoms with Gasteiger partial charge < -0.3 is 38.5 Å². The Morgan fingerprint density at radius 1 is 0.621 bits per heavy atom. The Bertz CT molecular complexity index is 1820. The Hall–Kier alpha value is -4.62. The number of nitrogens with zero attached hydrogens (tertiary/aromatic N) is 1. The predicted octanol–water partition coefficient (Wildman–Crippen LogP) is 8.01. The Morgan fingerprint density at radius 2 is 1.14 bits per heavy atom. The van der Waals surface area contributed by atoms with Gasteiger partial charge in [-0.2, -0.15) is 0 Å². The third-order valence-electron chi connectivity index (χ3n) is 11.0. The van der Waals surface area contributed by atoms with Crippen molar-refractivity contribution in [3.63, 3.8) is 0 Å². The second kappa shape index (κ2) is 21.4. The van der Waals surface area contributed by atoms with Crippen molar-refractivity contribution in [3.05, 3.63) is 144 Å². The summed E-state index contributed by atoms with van der Waals surface area (Å²) in [7, 11) is 0. The molecule has 4 unspecified atom stereocenters. The molecule has 6 rings (SSSR count). The van der Waals surface area contributed by atoms with Gasteiger partial charge in [0.1, 0.15) is 37.7 Å². The van der Waals surface area contributed by atoms with E-state index in [0.29, 0.717) is 6.61 Å². The molecule has 1 N–H and O–H groups in total. The number of benzene rings is 4. The zero-order valence-corrected chi connectivity index (χ0v) is 34.2. The maximum Gasteiger partial charge on any atom is 0.412 e. The minimum Gasteiger partial charge on any atom is -0.444 e. The monoisotopic (exact) mass is 794 g/mol. The van der Waals surface area contributed by atoms with Gasteiger partial charge in [-0.3, -0.25) is 9.69 Å². The largest absolute Gasteiger partial charge is 0.444 e. The molecule has 0 aromatic heterocycles. The highest BCUT2D eigenvalue weighted by molar-refractivity contribution is 5.73. The number of carbonyl (C=O) groups excluding carboxylic acids is 2. The first-order chi connectivity index (χ1) is 28.2. The first-order valence-electron chi connectivity index (χ1n) is 20.4. The molecule has 0 saturated carbocycles. The van der Waals surface area contributed by atoms with Crippen molar-refractivity contribution in [2.75, 3.05) is 6.73 Å². The molecule has 2 amide bonds. The summed E-state index contributed by atoms with van der Waals surface area (Å²) in [5, 5.41) is 3.09. The SMILES string of the molecule is CCC1O[C@@H](OCN(Cc2ccccc2)C(=O)OCc2ccccc2)C(O[C@@H]2OC(C)[C@@H](OCc3ccccc3)[C@H](OCc3ccccc3)C2NC(C)=O)[C@@H](C)[C@@H]1C. The summed E-state index contributed by atoms with van der Waals surface area (Å²) in [6.45, 7) is 10.6. The number of rotatable bonds is 17. The Balaban J connectivity index is 1.24. The van der Waals surface area contributed by atoms with Crippen molar-refractivity contribution < 1.29 is 42.7 Å². The molecule has 11 nitrogen and oxygen atoms in total. The van der Waals surface area contributed by atoms with Crippen LogP contribution in [0.4, 0.5) is 4.79 Å². The molecule has 10 atom stereocenters. The average molecular weight is 795 g/mol. The summed E-state index contributed by atoms with van der Waals surface area (Å²) in [6, 6.07) is 38.3. The van der Waals surface area contributed by atoms with Crippen LogP contribution in [0.1, 0.15) is 63.3 Å². The zero-order chi connectivity index (χ0) is 40.9. The molecule has 0 aliphatic carbocycles. The van der Waals surface area contributed by atoms with Crippen LogP contribution in [0.15, 0.2) is 121 Å².